The molecule has 0 unspecified atom stereocenters. The number of para-hydroxylation sites is 2. The Labute approximate surface area is 119 Å². The van der Waals surface area contributed by atoms with E-state index in [0.717, 1.165) is 0 Å². The first-order valence-corrected chi connectivity index (χ1v) is 6.16. The highest BCUT2D eigenvalue weighted by Crippen LogP contribution is 2.19. The smallest absolute Gasteiger partial charge is 0.411 e. The Hall–Kier alpha value is -1.96. The summed E-state index contributed by atoms with van der Waals surface area (Å²) in [5, 5.41) is 0. The molecule has 0 aliphatic rings. The first-order valence-electron chi connectivity index (χ1n) is 6.16. The Bertz CT molecular complexity index is 451. The third-order valence-electron chi connectivity index (χ3n) is 2.23. The van der Waals surface area contributed by atoms with Crippen molar-refractivity contribution in [2.45, 2.75) is 12.6 Å². The molecule has 0 fully saturated rings. The lowest BCUT2D eigenvalue weighted by Gasteiger charge is -2.09. The summed E-state index contributed by atoms with van der Waals surface area (Å²) >= 11 is 0. The number of esters is 1. The third kappa shape index (κ3) is 8.03. The van der Waals surface area contributed by atoms with Gasteiger partial charge in [-0.25, -0.2) is 4.79 Å². The predicted molar refractivity (Wildman–Crippen MR) is 68.8 cm³/mol. The summed E-state index contributed by atoms with van der Waals surface area (Å²) in [6.45, 7) is -1.81. The van der Waals surface area contributed by atoms with Crippen LogP contribution in [0.4, 0.5) is 18.9 Å². The fourth-order valence-electron chi connectivity index (χ4n) is 1.33. The molecule has 1 aromatic rings. The second-order valence-electron chi connectivity index (χ2n) is 4.07. The van der Waals surface area contributed by atoms with Crippen molar-refractivity contribution in [2.24, 2.45) is 0 Å². The molecule has 21 heavy (non-hydrogen) atoms. The summed E-state index contributed by atoms with van der Waals surface area (Å²) in [4.78, 5) is 11.3. The van der Waals surface area contributed by atoms with Gasteiger partial charge in [0.05, 0.1) is 18.9 Å². The third-order valence-corrected chi connectivity index (χ3v) is 2.23. The van der Waals surface area contributed by atoms with Crippen molar-refractivity contribution < 1.29 is 32.2 Å². The molecule has 0 atom stereocenters. The summed E-state index contributed by atoms with van der Waals surface area (Å²) in [7, 11) is 0. The van der Waals surface area contributed by atoms with Crippen LogP contribution in [0.5, 0.6) is 5.75 Å². The van der Waals surface area contributed by atoms with Crippen LogP contribution in [0.3, 0.4) is 0 Å². The van der Waals surface area contributed by atoms with Crippen LogP contribution in [-0.4, -0.2) is 38.6 Å². The van der Waals surface area contributed by atoms with Gasteiger partial charge in [0.1, 0.15) is 12.4 Å². The van der Waals surface area contributed by atoms with Gasteiger partial charge in [0.2, 0.25) is 0 Å². The van der Waals surface area contributed by atoms with E-state index < -0.39 is 18.8 Å². The summed E-state index contributed by atoms with van der Waals surface area (Å²) in [5.41, 5.74) is 6.01. The molecule has 0 aliphatic carbocycles. The van der Waals surface area contributed by atoms with Crippen LogP contribution in [0, 0.1) is 0 Å². The molecule has 0 amide bonds. The number of rotatable bonds is 8. The van der Waals surface area contributed by atoms with Gasteiger partial charge in [0, 0.05) is 6.42 Å². The van der Waals surface area contributed by atoms with Crippen molar-refractivity contribution >= 4 is 11.7 Å². The molecule has 5 nitrogen and oxygen atoms in total. The van der Waals surface area contributed by atoms with E-state index in [1.54, 1.807) is 24.3 Å². The van der Waals surface area contributed by atoms with Crippen LogP contribution < -0.4 is 10.5 Å². The maximum atomic E-state index is 11.8. The molecule has 1 aromatic carbocycles. The number of ether oxygens (including phenoxy) is 3. The van der Waals surface area contributed by atoms with Crippen molar-refractivity contribution in [3.8, 4) is 5.75 Å². The zero-order valence-electron chi connectivity index (χ0n) is 11.2. The summed E-state index contributed by atoms with van der Waals surface area (Å²) < 4.78 is 49.5. The number of hydrogen-bond donors (Lipinski definition) is 1. The number of benzene rings is 1. The number of carbonyl (C=O) groups excluding carboxylic acids is 1. The monoisotopic (exact) mass is 307 g/mol. The van der Waals surface area contributed by atoms with Crippen molar-refractivity contribution in [2.75, 3.05) is 32.2 Å². The Morgan fingerprint density at radius 1 is 1.19 bits per heavy atom. The number of hydrogen-bond acceptors (Lipinski definition) is 5. The average Bonchev–Trinajstić information content (AvgIpc) is 2.40. The molecule has 8 heteroatoms. The minimum atomic E-state index is -4.35. The maximum absolute atomic E-state index is 11.8. The Kier molecular flexibility index (Phi) is 6.80. The molecule has 0 spiro atoms. The molecule has 0 saturated carbocycles. The topological polar surface area (TPSA) is 70.8 Å². The van der Waals surface area contributed by atoms with Gasteiger partial charge in [0.25, 0.3) is 0 Å². The van der Waals surface area contributed by atoms with Crippen LogP contribution in [-0.2, 0) is 14.3 Å². The first-order chi connectivity index (χ1) is 9.88. The molecule has 0 saturated heterocycles. The lowest BCUT2D eigenvalue weighted by molar-refractivity contribution is -0.175. The van der Waals surface area contributed by atoms with E-state index in [0.29, 0.717) is 11.4 Å². The zero-order valence-corrected chi connectivity index (χ0v) is 11.2. The number of anilines is 1. The molecule has 0 heterocycles. The van der Waals surface area contributed by atoms with Gasteiger partial charge >= 0.3 is 12.1 Å². The van der Waals surface area contributed by atoms with Gasteiger partial charge in [-0.1, -0.05) is 12.1 Å². The second kappa shape index (κ2) is 8.35. The highest BCUT2D eigenvalue weighted by atomic mass is 19.4. The molecule has 0 bridgehead atoms. The number of alkyl halides is 3. The Balaban J connectivity index is 2.08. The molecule has 0 aromatic heterocycles. The van der Waals surface area contributed by atoms with Gasteiger partial charge in [-0.05, 0) is 12.1 Å². The van der Waals surface area contributed by atoms with Gasteiger partial charge in [-0.15, -0.1) is 0 Å². The van der Waals surface area contributed by atoms with E-state index in [-0.39, 0.29) is 26.2 Å². The minimum absolute atomic E-state index is 0.0374. The summed E-state index contributed by atoms with van der Waals surface area (Å²) in [6, 6.07) is 6.66. The molecule has 2 N–H and O–H groups in total. The summed E-state index contributed by atoms with van der Waals surface area (Å²) in [5.74, 6) is -0.267. The lowest BCUT2D eigenvalue weighted by atomic mass is 10.3. The summed E-state index contributed by atoms with van der Waals surface area (Å²) in [6.07, 6.45) is -4.17. The normalized spacial score (nSPS) is 11.2. The van der Waals surface area contributed by atoms with Crippen molar-refractivity contribution in [1.82, 2.24) is 0 Å². The highest BCUT2D eigenvalue weighted by molar-refractivity contribution is 5.71. The van der Waals surface area contributed by atoms with E-state index in [4.69, 9.17) is 15.2 Å². The fraction of sp³-hybridized carbons (Fsp3) is 0.462. The van der Waals surface area contributed by atoms with Crippen molar-refractivity contribution in [3.63, 3.8) is 0 Å². The van der Waals surface area contributed by atoms with Crippen LogP contribution in [0.15, 0.2) is 24.3 Å². The van der Waals surface area contributed by atoms with Gasteiger partial charge in [0.15, 0.2) is 6.61 Å². The molecular formula is C13H16F3NO4. The fourth-order valence-corrected chi connectivity index (χ4v) is 1.33. The van der Waals surface area contributed by atoms with Crippen molar-refractivity contribution in [1.29, 1.82) is 0 Å². The quantitative estimate of drug-likeness (QED) is 0.453. The van der Waals surface area contributed by atoms with Crippen LogP contribution in [0.25, 0.3) is 0 Å². The first kappa shape index (κ1) is 17.1. The van der Waals surface area contributed by atoms with E-state index in [9.17, 15) is 18.0 Å². The van der Waals surface area contributed by atoms with Crippen molar-refractivity contribution in [3.05, 3.63) is 24.3 Å². The SMILES string of the molecule is Nc1ccccc1OCC(=O)OCCCOCC(F)(F)F. The van der Waals surface area contributed by atoms with Gasteiger partial charge in [-0.2, -0.15) is 13.2 Å². The highest BCUT2D eigenvalue weighted by Gasteiger charge is 2.27. The van der Waals surface area contributed by atoms with E-state index in [1.165, 1.54) is 0 Å². The molecule has 1 rings (SSSR count). The lowest BCUT2D eigenvalue weighted by Crippen LogP contribution is -2.19. The Morgan fingerprint density at radius 3 is 2.57 bits per heavy atom. The molecule has 118 valence electrons. The van der Waals surface area contributed by atoms with E-state index in [1.807, 2.05) is 0 Å². The zero-order chi connectivity index (χ0) is 15.7. The maximum Gasteiger partial charge on any atom is 0.411 e. The van der Waals surface area contributed by atoms with Gasteiger partial charge < -0.3 is 19.9 Å². The predicted octanol–water partition coefficient (Wildman–Crippen LogP) is 2.16. The van der Waals surface area contributed by atoms with Crippen LogP contribution >= 0.6 is 0 Å². The molecule has 0 radical (unpaired) electrons. The number of halogens is 3. The standard InChI is InChI=1S/C13H16F3NO4/c14-13(15,16)9-19-6-3-7-20-12(18)8-21-11-5-2-1-4-10(11)17/h1-2,4-5H,3,6-9,17H2. The Morgan fingerprint density at radius 2 is 1.90 bits per heavy atom. The van der Waals surface area contributed by atoms with Crippen LogP contribution in [0.2, 0.25) is 0 Å². The molecular weight excluding hydrogens is 291 g/mol. The minimum Gasteiger partial charge on any atom is -0.480 e. The molecule has 0 aliphatic heterocycles. The largest absolute Gasteiger partial charge is 0.480 e. The van der Waals surface area contributed by atoms with E-state index in [2.05, 4.69) is 4.74 Å². The van der Waals surface area contributed by atoms with E-state index >= 15 is 0 Å². The second-order valence-corrected chi connectivity index (χ2v) is 4.07. The van der Waals surface area contributed by atoms with Crippen LogP contribution in [0.1, 0.15) is 6.42 Å². The average molecular weight is 307 g/mol. The van der Waals surface area contributed by atoms with Gasteiger partial charge in [-0.3, -0.25) is 0 Å². The number of nitrogens with two attached hydrogens (primary N) is 1. The number of carbonyl (C=O) groups is 1. The number of nitrogen functional groups attached to an aromatic ring is 1.